The van der Waals surface area contributed by atoms with Crippen LogP contribution in [-0.2, 0) is 11.2 Å². The molecule has 1 fully saturated rings. The summed E-state index contributed by atoms with van der Waals surface area (Å²) in [6.45, 7) is 5.13. The highest BCUT2D eigenvalue weighted by atomic mass is 31.2. The van der Waals surface area contributed by atoms with Gasteiger partial charge in [-0.2, -0.15) is 0 Å². The minimum absolute atomic E-state index is 0.427. The molecule has 26 heavy (non-hydrogen) atoms. The largest absolute Gasteiger partial charge is 0.397 e. The van der Waals surface area contributed by atoms with E-state index >= 15 is 0 Å². The molecule has 4 N–H and O–H groups in total. The van der Waals surface area contributed by atoms with Crippen LogP contribution in [0.25, 0.3) is 11.2 Å². The van der Waals surface area contributed by atoms with E-state index in [0.717, 1.165) is 18.4 Å². The third-order valence-electron chi connectivity index (χ3n) is 4.77. The minimum atomic E-state index is -1.23. The number of ether oxygens (including phenoxy) is 1. The molecule has 3 heterocycles. The second-order valence-corrected chi connectivity index (χ2v) is 12.0. The fourth-order valence-electron chi connectivity index (χ4n) is 3.38. The van der Waals surface area contributed by atoms with E-state index in [1.54, 1.807) is 16.8 Å². The smallest absolute Gasteiger partial charge is 0.165 e. The number of rotatable bonds is 6. The summed E-state index contributed by atoms with van der Waals surface area (Å²) in [4.78, 5) is 9.02. The van der Waals surface area contributed by atoms with E-state index in [9.17, 15) is 10.2 Å². The Bertz CT molecular complexity index is 831. The predicted molar refractivity (Wildman–Crippen MR) is 107 cm³/mol. The number of hydrogen-bond donors (Lipinski definition) is 3. The summed E-state index contributed by atoms with van der Waals surface area (Å²) in [6, 6.07) is 1.71. The van der Waals surface area contributed by atoms with Crippen molar-refractivity contribution in [3.05, 3.63) is 18.1 Å². The van der Waals surface area contributed by atoms with Crippen molar-refractivity contribution in [3.8, 4) is 0 Å². The van der Waals surface area contributed by atoms with E-state index in [0.29, 0.717) is 29.7 Å². The number of anilines is 1. The zero-order valence-corrected chi connectivity index (χ0v) is 16.6. The number of nitrogens with zero attached hydrogens (tertiary/aromatic N) is 3. The Morgan fingerprint density at radius 2 is 2.08 bits per heavy atom. The van der Waals surface area contributed by atoms with Crippen molar-refractivity contribution in [1.29, 1.82) is 0 Å². The summed E-state index contributed by atoms with van der Waals surface area (Å²) in [5, 5.41) is 21.2. The summed E-state index contributed by atoms with van der Waals surface area (Å²) in [7, 11) is 0. The number of aliphatic hydroxyl groups is 2. The summed E-state index contributed by atoms with van der Waals surface area (Å²) in [5.74, 6) is 0.759. The van der Waals surface area contributed by atoms with Crippen LogP contribution in [0.1, 0.15) is 31.8 Å². The van der Waals surface area contributed by atoms with Crippen molar-refractivity contribution in [3.63, 3.8) is 0 Å². The van der Waals surface area contributed by atoms with Crippen LogP contribution < -0.4 is 5.73 Å². The van der Waals surface area contributed by atoms with E-state index in [1.807, 2.05) is 0 Å². The number of nitrogen functional groups attached to an aromatic ring is 1. The standard InChI is InChI=1S/C18H29N4O3P/c1-5-6-13-21-14-11(19)7-9-20-17(14)22(13)18-16(24)15(23)12(25-18)8-10-26(2,3)4/h7,9,12,15-16,18,23-24H,2,5-6,8,10H2,1,3-4H3,(H2,19,20)/t12-,15-,16-,18-/m1/s1. The molecule has 0 amide bonds. The van der Waals surface area contributed by atoms with Gasteiger partial charge in [-0.25, -0.2) is 9.97 Å². The van der Waals surface area contributed by atoms with E-state index in [4.69, 9.17) is 10.5 Å². The van der Waals surface area contributed by atoms with Crippen LogP contribution in [0.2, 0.25) is 0 Å². The highest BCUT2D eigenvalue weighted by molar-refractivity contribution is 7.72. The molecule has 1 aliphatic rings. The lowest BCUT2D eigenvalue weighted by Gasteiger charge is -2.20. The van der Waals surface area contributed by atoms with Gasteiger partial charge >= 0.3 is 0 Å². The molecular formula is C18H29N4O3P. The van der Waals surface area contributed by atoms with Gasteiger partial charge in [-0.15, -0.1) is 13.2 Å². The first-order chi connectivity index (χ1) is 12.2. The van der Waals surface area contributed by atoms with E-state index in [2.05, 4.69) is 36.5 Å². The number of aromatic nitrogens is 3. The number of fused-ring (bicyclic) bond motifs is 1. The molecule has 0 radical (unpaired) electrons. The average molecular weight is 380 g/mol. The Morgan fingerprint density at radius 1 is 1.35 bits per heavy atom. The van der Waals surface area contributed by atoms with Gasteiger partial charge in [-0.3, -0.25) is 4.57 Å². The Balaban J connectivity index is 1.96. The average Bonchev–Trinajstić information content (AvgIpc) is 3.05. The zero-order valence-electron chi connectivity index (χ0n) is 15.7. The maximum absolute atomic E-state index is 10.7. The third kappa shape index (κ3) is 3.67. The molecule has 0 spiro atoms. The van der Waals surface area contributed by atoms with E-state index in [-0.39, 0.29) is 0 Å². The molecule has 2 aromatic rings. The topological polar surface area (TPSA) is 106 Å². The first-order valence-electron chi connectivity index (χ1n) is 9.03. The van der Waals surface area contributed by atoms with Crippen LogP contribution in [0.3, 0.4) is 0 Å². The normalized spacial score (nSPS) is 26.7. The van der Waals surface area contributed by atoms with E-state index < -0.39 is 31.4 Å². The highest BCUT2D eigenvalue weighted by Crippen LogP contribution is 2.40. The van der Waals surface area contributed by atoms with Crippen LogP contribution >= 0.6 is 6.89 Å². The van der Waals surface area contributed by atoms with Crippen LogP contribution in [0.5, 0.6) is 0 Å². The monoisotopic (exact) mass is 380 g/mol. The van der Waals surface area contributed by atoms with Gasteiger partial charge in [0.15, 0.2) is 11.9 Å². The van der Waals surface area contributed by atoms with Crippen molar-refractivity contribution < 1.29 is 14.9 Å². The van der Waals surface area contributed by atoms with Crippen LogP contribution in [0, 0.1) is 0 Å². The third-order valence-corrected chi connectivity index (χ3v) is 6.24. The van der Waals surface area contributed by atoms with Gasteiger partial charge in [0.1, 0.15) is 23.5 Å². The van der Waals surface area contributed by atoms with Gasteiger partial charge in [0, 0.05) is 12.6 Å². The number of pyridine rings is 1. The fraction of sp³-hybridized carbons (Fsp3) is 0.611. The molecule has 1 aliphatic heterocycles. The second-order valence-electron chi connectivity index (χ2n) is 7.71. The molecule has 4 atom stereocenters. The molecule has 0 unspecified atom stereocenters. The second kappa shape index (κ2) is 7.31. The van der Waals surface area contributed by atoms with Gasteiger partial charge in [-0.1, -0.05) is 6.92 Å². The molecular weight excluding hydrogens is 351 g/mol. The SMILES string of the molecule is C=P(C)(C)CC[C@H]1O[C@@H](n2c(CCC)nc3c(N)ccnc32)[C@H](O)[C@@H]1O. The molecule has 2 aromatic heterocycles. The lowest BCUT2D eigenvalue weighted by Crippen LogP contribution is -2.32. The molecule has 0 aromatic carbocycles. The van der Waals surface area contributed by atoms with Gasteiger partial charge < -0.3 is 20.7 Å². The molecule has 0 saturated carbocycles. The first kappa shape index (κ1) is 19.4. The van der Waals surface area contributed by atoms with E-state index in [1.165, 1.54) is 0 Å². The van der Waals surface area contributed by atoms with Crippen molar-refractivity contribution >= 4 is 30.0 Å². The minimum Gasteiger partial charge on any atom is -0.397 e. The zero-order chi connectivity index (χ0) is 19.1. The molecule has 1 saturated heterocycles. The Labute approximate surface area is 154 Å². The predicted octanol–water partition coefficient (Wildman–Crippen LogP) is 1.68. The van der Waals surface area contributed by atoms with Gasteiger partial charge in [0.25, 0.3) is 0 Å². The Kier molecular flexibility index (Phi) is 5.45. The quantitative estimate of drug-likeness (QED) is 0.659. The van der Waals surface area contributed by atoms with Crippen LogP contribution in [0.15, 0.2) is 12.3 Å². The van der Waals surface area contributed by atoms with Crippen LogP contribution in [0.4, 0.5) is 5.69 Å². The molecule has 3 rings (SSSR count). The number of aryl methyl sites for hydroxylation is 1. The Morgan fingerprint density at radius 3 is 2.73 bits per heavy atom. The lowest BCUT2D eigenvalue weighted by atomic mass is 10.1. The van der Waals surface area contributed by atoms with Crippen molar-refractivity contribution in [2.45, 2.75) is 50.7 Å². The number of aliphatic hydroxyl groups excluding tert-OH is 2. The number of hydrogen-bond acceptors (Lipinski definition) is 6. The highest BCUT2D eigenvalue weighted by Gasteiger charge is 2.44. The van der Waals surface area contributed by atoms with Crippen molar-refractivity contribution in [2.24, 2.45) is 0 Å². The molecule has 7 nitrogen and oxygen atoms in total. The lowest BCUT2D eigenvalue weighted by molar-refractivity contribution is -0.0368. The summed E-state index contributed by atoms with van der Waals surface area (Å²) in [5.41, 5.74) is 7.77. The van der Waals surface area contributed by atoms with Gasteiger partial charge in [0.05, 0.1) is 11.8 Å². The maximum atomic E-state index is 10.7. The van der Waals surface area contributed by atoms with Crippen LogP contribution in [-0.4, -0.2) is 68.9 Å². The molecule has 0 bridgehead atoms. The van der Waals surface area contributed by atoms with Gasteiger partial charge in [0.2, 0.25) is 0 Å². The maximum Gasteiger partial charge on any atom is 0.165 e. The summed E-state index contributed by atoms with van der Waals surface area (Å²) < 4.78 is 7.89. The molecule has 8 heteroatoms. The van der Waals surface area contributed by atoms with Gasteiger partial charge in [-0.05, 0) is 38.4 Å². The summed E-state index contributed by atoms with van der Waals surface area (Å²) >= 11 is 0. The summed E-state index contributed by atoms with van der Waals surface area (Å²) in [6.07, 6.45) is 5.86. The number of imidazole rings is 1. The molecule has 0 aliphatic carbocycles. The first-order valence-corrected chi connectivity index (χ1v) is 12.1. The molecule has 144 valence electrons. The van der Waals surface area contributed by atoms with Crippen molar-refractivity contribution in [2.75, 3.05) is 25.2 Å². The Hall–Kier alpha value is -1.40. The van der Waals surface area contributed by atoms with Crippen molar-refractivity contribution in [1.82, 2.24) is 14.5 Å². The number of nitrogens with two attached hydrogens (primary N) is 1. The fourth-order valence-corrected chi connectivity index (χ4v) is 4.33.